The van der Waals surface area contributed by atoms with E-state index in [1.165, 1.54) is 0 Å². The molecule has 1 rings (SSSR count). The lowest BCUT2D eigenvalue weighted by atomic mass is 10.2. The van der Waals surface area contributed by atoms with E-state index in [1.54, 1.807) is 0 Å². The smallest absolute Gasteiger partial charge is 0.253 e. The number of halogens is 3. The summed E-state index contributed by atoms with van der Waals surface area (Å²) in [6, 6.07) is -0.852. The maximum absolute atomic E-state index is 11.6. The third kappa shape index (κ3) is 3.32. The minimum absolute atomic E-state index is 0. The van der Waals surface area contributed by atoms with Crippen molar-refractivity contribution in [2.75, 3.05) is 0 Å². The lowest BCUT2D eigenvalue weighted by Crippen LogP contribution is -2.30. The van der Waals surface area contributed by atoms with E-state index in [9.17, 15) is 8.78 Å². The van der Waals surface area contributed by atoms with E-state index in [4.69, 9.17) is 5.73 Å². The molecule has 0 aromatic carbocycles. The zero-order valence-corrected chi connectivity index (χ0v) is 5.70. The van der Waals surface area contributed by atoms with Crippen molar-refractivity contribution in [2.24, 2.45) is 11.7 Å². The Morgan fingerprint density at radius 2 is 1.70 bits per heavy atom. The number of hydrogen-bond acceptors (Lipinski definition) is 1. The van der Waals surface area contributed by atoms with Crippen LogP contribution in [0.2, 0.25) is 0 Å². The quantitative estimate of drug-likeness (QED) is 0.680. The summed E-state index contributed by atoms with van der Waals surface area (Å²) < 4.78 is 23.2. The summed E-state index contributed by atoms with van der Waals surface area (Å²) >= 11 is 0. The zero-order chi connectivity index (χ0) is 6.15. The minimum Gasteiger partial charge on any atom is -0.323 e. The van der Waals surface area contributed by atoms with Crippen LogP contribution in [0.1, 0.15) is 20.3 Å². The molecule has 1 fully saturated rings. The highest BCUT2D eigenvalue weighted by molar-refractivity contribution is 5.85. The predicted octanol–water partition coefficient (Wildman–Crippen LogP) is 2.05. The molecule has 0 aromatic rings. The first-order valence-electron chi connectivity index (χ1n) is 2.75. The molecule has 10 heavy (non-hydrogen) atoms. The highest BCUT2D eigenvalue weighted by Crippen LogP contribution is 2.33. The normalized spacial score (nSPS) is 19.2. The maximum Gasteiger partial charge on any atom is 0.253 e. The van der Waals surface area contributed by atoms with Gasteiger partial charge in [-0.05, 0) is 18.8 Å². The van der Waals surface area contributed by atoms with E-state index in [0.717, 1.165) is 12.8 Å². The summed E-state index contributed by atoms with van der Waals surface area (Å²) in [5.74, 6) is 0.120. The first-order chi connectivity index (χ1) is 3.72. The summed E-state index contributed by atoms with van der Waals surface area (Å²) in [5.41, 5.74) is 5.07. The van der Waals surface area contributed by atoms with Crippen LogP contribution in [-0.4, -0.2) is 12.5 Å². The molecule has 0 saturated heterocycles. The van der Waals surface area contributed by atoms with Gasteiger partial charge in [0.1, 0.15) is 0 Å². The average Bonchev–Trinajstić information content (AvgIpc) is 2.43. The lowest BCUT2D eigenvalue weighted by molar-refractivity contribution is 0.107. The summed E-state index contributed by atoms with van der Waals surface area (Å²) in [5, 5.41) is 0. The molecule has 0 heterocycles. The summed E-state index contributed by atoms with van der Waals surface area (Å²) in [6.07, 6.45) is -0.528. The molecule has 2 N–H and O–H groups in total. The molecule has 1 aliphatic carbocycles. The van der Waals surface area contributed by atoms with Crippen molar-refractivity contribution in [1.29, 1.82) is 0 Å². The van der Waals surface area contributed by atoms with E-state index in [-0.39, 0.29) is 25.8 Å². The van der Waals surface area contributed by atoms with Crippen LogP contribution in [0.3, 0.4) is 0 Å². The second kappa shape index (κ2) is 4.85. The Morgan fingerprint density at radius 1 is 1.30 bits per heavy atom. The van der Waals surface area contributed by atoms with Gasteiger partial charge >= 0.3 is 0 Å². The third-order valence-corrected chi connectivity index (χ3v) is 1.46. The molecule has 1 nitrogen and oxygen atoms in total. The Labute approximate surface area is 66.4 Å². The van der Waals surface area contributed by atoms with Gasteiger partial charge in [0.2, 0.25) is 0 Å². The largest absolute Gasteiger partial charge is 0.323 e. The lowest BCUT2D eigenvalue weighted by Gasteiger charge is -2.05. The van der Waals surface area contributed by atoms with Crippen LogP contribution < -0.4 is 5.73 Å². The Morgan fingerprint density at radius 3 is 1.80 bits per heavy atom. The molecule has 0 bridgehead atoms. The minimum atomic E-state index is -2.32. The van der Waals surface area contributed by atoms with Crippen molar-refractivity contribution in [2.45, 2.75) is 32.7 Å². The fourth-order valence-electron chi connectivity index (χ4n) is 0.687. The predicted molar refractivity (Wildman–Crippen MR) is 40.7 cm³/mol. The van der Waals surface area contributed by atoms with Crippen molar-refractivity contribution in [3.05, 3.63) is 0 Å². The van der Waals surface area contributed by atoms with E-state index in [2.05, 4.69) is 0 Å². The molecule has 0 spiro atoms. The van der Waals surface area contributed by atoms with Gasteiger partial charge in [-0.3, -0.25) is 0 Å². The average molecular weight is 174 g/mol. The topological polar surface area (TPSA) is 26.0 Å². The van der Waals surface area contributed by atoms with E-state index in [1.807, 2.05) is 0 Å². The molecule has 0 amide bonds. The molecule has 4 heteroatoms. The number of alkyl halides is 2. The highest BCUT2D eigenvalue weighted by Gasteiger charge is 2.33. The summed E-state index contributed by atoms with van der Waals surface area (Å²) in [6.45, 7) is 0. The SMILES string of the molecule is C.Cl.N[C@H](C(F)F)C1CC1. The van der Waals surface area contributed by atoms with Crippen molar-refractivity contribution in [3.63, 3.8) is 0 Å². The molecule has 0 aliphatic heterocycles. The Kier molecular flexibility index (Phi) is 6.19. The van der Waals surface area contributed by atoms with Crippen LogP contribution in [0.15, 0.2) is 0 Å². The van der Waals surface area contributed by atoms with Gasteiger partial charge in [-0.25, -0.2) is 8.78 Å². The number of rotatable bonds is 2. The van der Waals surface area contributed by atoms with Crippen molar-refractivity contribution in [3.8, 4) is 0 Å². The van der Waals surface area contributed by atoms with Gasteiger partial charge in [0.15, 0.2) is 0 Å². The standard InChI is InChI=1S/C5H9F2N.CH4.ClH/c6-5(7)4(8)3-1-2-3;;/h3-5H,1-2,8H2;1H4;1H/t4-;;/m0../s1. The van der Waals surface area contributed by atoms with Gasteiger partial charge in [-0.1, -0.05) is 7.43 Å². The fourth-order valence-corrected chi connectivity index (χ4v) is 0.687. The van der Waals surface area contributed by atoms with Crippen LogP contribution in [0.5, 0.6) is 0 Å². The van der Waals surface area contributed by atoms with Crippen molar-refractivity contribution < 1.29 is 8.78 Å². The van der Waals surface area contributed by atoms with Gasteiger partial charge in [0, 0.05) is 0 Å². The second-order valence-electron chi connectivity index (χ2n) is 2.25. The van der Waals surface area contributed by atoms with E-state index < -0.39 is 12.5 Å². The van der Waals surface area contributed by atoms with Crippen LogP contribution in [0.4, 0.5) is 8.78 Å². The Balaban J connectivity index is 0. The first-order valence-corrected chi connectivity index (χ1v) is 2.75. The van der Waals surface area contributed by atoms with Crippen molar-refractivity contribution in [1.82, 2.24) is 0 Å². The fraction of sp³-hybridized carbons (Fsp3) is 1.00. The van der Waals surface area contributed by atoms with Gasteiger partial charge in [-0.2, -0.15) is 0 Å². The molecule has 1 saturated carbocycles. The Bertz CT molecular complexity index is 83.8. The van der Waals surface area contributed by atoms with Crippen LogP contribution in [0.25, 0.3) is 0 Å². The maximum atomic E-state index is 11.6. The molecule has 0 aromatic heterocycles. The van der Waals surface area contributed by atoms with Crippen LogP contribution >= 0.6 is 12.4 Å². The molecular formula is C6H14ClF2N. The third-order valence-electron chi connectivity index (χ3n) is 1.46. The van der Waals surface area contributed by atoms with Gasteiger partial charge in [-0.15, -0.1) is 12.4 Å². The molecule has 1 atom stereocenters. The van der Waals surface area contributed by atoms with Crippen LogP contribution in [0, 0.1) is 5.92 Å². The number of nitrogens with two attached hydrogens (primary N) is 1. The molecule has 0 radical (unpaired) electrons. The molecular weight excluding hydrogens is 160 g/mol. The van der Waals surface area contributed by atoms with E-state index >= 15 is 0 Å². The summed E-state index contributed by atoms with van der Waals surface area (Å²) in [7, 11) is 0. The van der Waals surface area contributed by atoms with Crippen LogP contribution in [-0.2, 0) is 0 Å². The van der Waals surface area contributed by atoms with Crippen molar-refractivity contribution >= 4 is 12.4 Å². The monoisotopic (exact) mass is 173 g/mol. The van der Waals surface area contributed by atoms with Gasteiger partial charge in [0.25, 0.3) is 6.43 Å². The van der Waals surface area contributed by atoms with Gasteiger partial charge in [0.05, 0.1) is 6.04 Å². The van der Waals surface area contributed by atoms with Gasteiger partial charge < -0.3 is 5.73 Å². The summed E-state index contributed by atoms with van der Waals surface area (Å²) in [4.78, 5) is 0. The zero-order valence-electron chi connectivity index (χ0n) is 4.89. The molecule has 64 valence electrons. The first kappa shape index (κ1) is 12.8. The number of hydrogen-bond donors (Lipinski definition) is 1. The molecule has 1 aliphatic rings. The molecule has 0 unspecified atom stereocenters. The Hall–Kier alpha value is 0.110. The highest BCUT2D eigenvalue weighted by atomic mass is 35.5. The van der Waals surface area contributed by atoms with E-state index in [0.29, 0.717) is 0 Å². The second-order valence-corrected chi connectivity index (χ2v) is 2.25.